The lowest BCUT2D eigenvalue weighted by molar-refractivity contribution is 0.308. The van der Waals surface area contributed by atoms with Crippen molar-refractivity contribution < 1.29 is 0 Å². The summed E-state index contributed by atoms with van der Waals surface area (Å²) >= 11 is 0. The lowest BCUT2D eigenvalue weighted by atomic mass is 9.89. The van der Waals surface area contributed by atoms with Crippen LogP contribution in [0, 0.1) is 5.92 Å². The minimum atomic E-state index is 0.535. The van der Waals surface area contributed by atoms with Crippen LogP contribution in [0.1, 0.15) is 37.8 Å². The maximum atomic E-state index is 4.50. The van der Waals surface area contributed by atoms with Crippen molar-refractivity contribution in [1.29, 1.82) is 0 Å². The highest BCUT2D eigenvalue weighted by Crippen LogP contribution is 2.24. The highest BCUT2D eigenvalue weighted by atomic mass is 15.3. The van der Waals surface area contributed by atoms with Crippen molar-refractivity contribution >= 4 is 12.6 Å². The van der Waals surface area contributed by atoms with Gasteiger partial charge in [0.1, 0.15) is 5.69 Å². The number of aromatic nitrogens is 2. The van der Waals surface area contributed by atoms with E-state index in [2.05, 4.69) is 28.4 Å². The smallest absolute Gasteiger partial charge is 0.179 e. The second kappa shape index (κ2) is 6.28. The van der Waals surface area contributed by atoms with Crippen LogP contribution in [0.3, 0.4) is 0 Å². The molecule has 0 aliphatic heterocycles. The molecule has 1 fully saturated rings. The molecule has 4 heteroatoms. The Morgan fingerprint density at radius 1 is 1.44 bits per heavy atom. The normalized spacial score (nSPS) is 17.7. The molecule has 96 valence electrons. The zero-order chi connectivity index (χ0) is 12.8. The van der Waals surface area contributed by atoms with E-state index < -0.39 is 0 Å². The summed E-state index contributed by atoms with van der Waals surface area (Å²) in [4.78, 5) is 7.91. The number of aliphatic imine (C=N–C) groups is 2. The standard InChI is InChI=1S/C14H20N4/c1-3-16-14(15-2)13-9-10-18(17-13)11-12-7-5-4-6-8-12/h3,9-10,12H,1-2,4-8,11H2. The van der Waals surface area contributed by atoms with E-state index in [1.807, 2.05) is 16.9 Å². The average molecular weight is 244 g/mol. The van der Waals surface area contributed by atoms with E-state index in [4.69, 9.17) is 0 Å². The zero-order valence-corrected chi connectivity index (χ0v) is 10.8. The maximum absolute atomic E-state index is 4.50. The Bertz CT molecular complexity index is 438. The van der Waals surface area contributed by atoms with E-state index in [1.54, 1.807) is 0 Å². The Labute approximate surface area is 108 Å². The fourth-order valence-electron chi connectivity index (χ4n) is 2.49. The van der Waals surface area contributed by atoms with Gasteiger partial charge in [0.05, 0.1) is 0 Å². The first-order valence-corrected chi connectivity index (χ1v) is 6.52. The van der Waals surface area contributed by atoms with Gasteiger partial charge in [0.25, 0.3) is 0 Å². The third kappa shape index (κ3) is 3.15. The Morgan fingerprint density at radius 2 is 2.22 bits per heavy atom. The molecule has 0 radical (unpaired) electrons. The molecule has 18 heavy (non-hydrogen) atoms. The molecule has 0 N–H and O–H groups in total. The Hall–Kier alpha value is -1.71. The molecule has 0 atom stereocenters. The van der Waals surface area contributed by atoms with Crippen LogP contribution in [0.15, 0.2) is 35.0 Å². The first-order valence-electron chi connectivity index (χ1n) is 6.52. The molecular formula is C14H20N4. The van der Waals surface area contributed by atoms with Crippen molar-refractivity contribution in [3.05, 3.63) is 30.7 Å². The van der Waals surface area contributed by atoms with E-state index in [0.29, 0.717) is 5.84 Å². The molecule has 0 unspecified atom stereocenters. The molecule has 1 saturated carbocycles. The summed E-state index contributed by atoms with van der Waals surface area (Å²) in [5.41, 5.74) is 0.765. The topological polar surface area (TPSA) is 42.5 Å². The third-order valence-electron chi connectivity index (χ3n) is 3.40. The van der Waals surface area contributed by atoms with Gasteiger partial charge in [0.2, 0.25) is 0 Å². The van der Waals surface area contributed by atoms with Crippen molar-refractivity contribution in [2.75, 3.05) is 0 Å². The van der Waals surface area contributed by atoms with Crippen LogP contribution >= 0.6 is 0 Å². The van der Waals surface area contributed by atoms with E-state index in [9.17, 15) is 0 Å². The molecular weight excluding hydrogens is 224 g/mol. The van der Waals surface area contributed by atoms with E-state index in [-0.39, 0.29) is 0 Å². The molecule has 0 spiro atoms. The second-order valence-electron chi connectivity index (χ2n) is 4.72. The summed E-state index contributed by atoms with van der Waals surface area (Å²) in [7, 11) is 0. The summed E-state index contributed by atoms with van der Waals surface area (Å²) in [6.07, 6.45) is 10.2. The molecule has 1 aromatic heterocycles. The van der Waals surface area contributed by atoms with Gasteiger partial charge in [-0.1, -0.05) is 25.8 Å². The first-order chi connectivity index (χ1) is 8.83. The highest BCUT2D eigenvalue weighted by molar-refractivity contribution is 6.00. The third-order valence-corrected chi connectivity index (χ3v) is 3.40. The minimum absolute atomic E-state index is 0.535. The number of nitrogens with zero attached hydrogens (tertiary/aromatic N) is 4. The summed E-state index contributed by atoms with van der Waals surface area (Å²) in [5.74, 6) is 1.30. The van der Waals surface area contributed by atoms with Crippen LogP contribution in [0.2, 0.25) is 0 Å². The van der Waals surface area contributed by atoms with Gasteiger partial charge in [-0.15, -0.1) is 0 Å². The second-order valence-corrected chi connectivity index (χ2v) is 4.72. The van der Waals surface area contributed by atoms with Gasteiger partial charge in [0, 0.05) is 18.9 Å². The summed E-state index contributed by atoms with van der Waals surface area (Å²) in [5, 5.41) is 4.50. The van der Waals surface area contributed by atoms with Crippen molar-refractivity contribution in [3.8, 4) is 0 Å². The van der Waals surface area contributed by atoms with E-state index in [1.165, 1.54) is 38.3 Å². The number of hydrogen-bond acceptors (Lipinski definition) is 2. The first kappa shape index (κ1) is 12.7. The lowest BCUT2D eigenvalue weighted by Crippen LogP contribution is -2.15. The molecule has 4 nitrogen and oxygen atoms in total. The number of amidine groups is 1. The predicted molar refractivity (Wildman–Crippen MR) is 75.1 cm³/mol. The number of hydrogen-bond donors (Lipinski definition) is 0. The van der Waals surface area contributed by atoms with Gasteiger partial charge < -0.3 is 0 Å². The molecule has 1 heterocycles. The predicted octanol–water partition coefficient (Wildman–Crippen LogP) is 3.05. The Balaban J connectivity index is 2.03. The van der Waals surface area contributed by atoms with Gasteiger partial charge in [-0.25, -0.2) is 9.98 Å². The van der Waals surface area contributed by atoms with Crippen LogP contribution in [-0.2, 0) is 6.54 Å². The fraction of sp³-hybridized carbons (Fsp3) is 0.500. The van der Waals surface area contributed by atoms with Crippen molar-refractivity contribution in [2.24, 2.45) is 15.9 Å². The van der Waals surface area contributed by atoms with Gasteiger partial charge in [-0.3, -0.25) is 4.68 Å². The Morgan fingerprint density at radius 3 is 2.89 bits per heavy atom. The molecule has 0 aromatic carbocycles. The number of rotatable bonds is 4. The van der Waals surface area contributed by atoms with Gasteiger partial charge in [0.15, 0.2) is 5.84 Å². The quantitative estimate of drug-likeness (QED) is 0.593. The summed E-state index contributed by atoms with van der Waals surface area (Å²) in [6.45, 7) is 8.07. The van der Waals surface area contributed by atoms with Gasteiger partial charge in [-0.05, 0) is 31.5 Å². The monoisotopic (exact) mass is 244 g/mol. The SMILES string of the molecule is C=CN=C(N=C)c1ccn(CC2CCCCC2)n1. The average Bonchev–Trinajstić information content (AvgIpc) is 2.85. The van der Waals surface area contributed by atoms with Crippen LogP contribution in [0.4, 0.5) is 0 Å². The molecule has 1 aliphatic carbocycles. The molecule has 1 aliphatic rings. The van der Waals surface area contributed by atoms with Gasteiger partial charge in [-0.2, -0.15) is 5.10 Å². The van der Waals surface area contributed by atoms with Crippen LogP contribution < -0.4 is 0 Å². The van der Waals surface area contributed by atoms with Crippen LogP contribution in [0.5, 0.6) is 0 Å². The van der Waals surface area contributed by atoms with Crippen LogP contribution in [0.25, 0.3) is 0 Å². The van der Waals surface area contributed by atoms with Gasteiger partial charge >= 0.3 is 0 Å². The van der Waals surface area contributed by atoms with E-state index >= 15 is 0 Å². The molecule has 0 amide bonds. The summed E-state index contributed by atoms with van der Waals surface area (Å²) in [6, 6.07) is 1.93. The van der Waals surface area contributed by atoms with Crippen molar-refractivity contribution in [2.45, 2.75) is 38.6 Å². The maximum Gasteiger partial charge on any atom is 0.179 e. The Kier molecular flexibility index (Phi) is 4.45. The van der Waals surface area contributed by atoms with Crippen LogP contribution in [-0.4, -0.2) is 22.3 Å². The summed E-state index contributed by atoms with van der Waals surface area (Å²) < 4.78 is 2.00. The molecule has 0 bridgehead atoms. The largest absolute Gasteiger partial charge is 0.272 e. The van der Waals surface area contributed by atoms with E-state index in [0.717, 1.165) is 18.2 Å². The zero-order valence-electron chi connectivity index (χ0n) is 10.8. The molecule has 0 saturated heterocycles. The fourth-order valence-corrected chi connectivity index (χ4v) is 2.49. The lowest BCUT2D eigenvalue weighted by Gasteiger charge is -2.21. The van der Waals surface area contributed by atoms with Crippen molar-refractivity contribution in [3.63, 3.8) is 0 Å². The molecule has 1 aromatic rings. The molecule has 2 rings (SSSR count). The highest BCUT2D eigenvalue weighted by Gasteiger charge is 2.14. The van der Waals surface area contributed by atoms with Crippen molar-refractivity contribution in [1.82, 2.24) is 9.78 Å². The minimum Gasteiger partial charge on any atom is -0.272 e.